The molecule has 1 aromatic carbocycles. The number of halogens is 2. The van der Waals surface area contributed by atoms with Gasteiger partial charge in [0.25, 0.3) is 5.91 Å². The molecule has 6 heteroatoms. The highest BCUT2D eigenvalue weighted by Crippen LogP contribution is 2.15. The second-order valence-electron chi connectivity index (χ2n) is 5.43. The molecule has 120 valence electrons. The maximum atomic E-state index is 13.5. The van der Waals surface area contributed by atoms with Crippen LogP contribution in [-0.4, -0.2) is 36.3 Å². The van der Waals surface area contributed by atoms with Crippen LogP contribution in [0.2, 0.25) is 5.02 Å². The van der Waals surface area contributed by atoms with Crippen molar-refractivity contribution >= 4 is 23.4 Å². The van der Waals surface area contributed by atoms with Gasteiger partial charge in [-0.2, -0.15) is 0 Å². The van der Waals surface area contributed by atoms with Crippen molar-refractivity contribution in [3.8, 4) is 0 Å². The van der Waals surface area contributed by atoms with Gasteiger partial charge in [-0.1, -0.05) is 18.0 Å². The Labute approximate surface area is 134 Å². The molecule has 4 nitrogen and oxygen atoms in total. The fourth-order valence-electron chi connectivity index (χ4n) is 2.51. The Kier molecular flexibility index (Phi) is 6.19. The van der Waals surface area contributed by atoms with Crippen molar-refractivity contribution in [2.45, 2.75) is 32.1 Å². The minimum atomic E-state index is -0.593. The molecule has 1 N–H and O–H groups in total. The van der Waals surface area contributed by atoms with Gasteiger partial charge in [0.1, 0.15) is 5.82 Å². The van der Waals surface area contributed by atoms with E-state index in [2.05, 4.69) is 5.32 Å². The zero-order valence-corrected chi connectivity index (χ0v) is 13.2. The average Bonchev–Trinajstić information content (AvgIpc) is 2.70. The lowest BCUT2D eigenvalue weighted by Gasteiger charge is -2.20. The van der Waals surface area contributed by atoms with Gasteiger partial charge < -0.3 is 10.2 Å². The molecule has 1 aliphatic heterocycles. The van der Waals surface area contributed by atoms with Crippen molar-refractivity contribution in [2.75, 3.05) is 19.6 Å². The highest BCUT2D eigenvalue weighted by atomic mass is 35.5. The first-order valence-corrected chi connectivity index (χ1v) is 7.97. The zero-order valence-electron chi connectivity index (χ0n) is 12.4. The summed E-state index contributed by atoms with van der Waals surface area (Å²) < 4.78 is 13.5. The predicted molar refractivity (Wildman–Crippen MR) is 83.4 cm³/mol. The van der Waals surface area contributed by atoms with E-state index in [1.54, 1.807) is 0 Å². The Balaban J connectivity index is 1.77. The Bertz CT molecular complexity index is 551. The van der Waals surface area contributed by atoms with Gasteiger partial charge in [-0.05, 0) is 37.5 Å². The summed E-state index contributed by atoms with van der Waals surface area (Å²) in [5.41, 5.74) is -0.0571. The Morgan fingerprint density at radius 3 is 2.95 bits per heavy atom. The number of nitrogens with one attached hydrogen (secondary N) is 1. The number of amides is 2. The molecule has 2 rings (SSSR count). The van der Waals surface area contributed by atoms with Gasteiger partial charge >= 0.3 is 0 Å². The van der Waals surface area contributed by atoms with Crippen LogP contribution in [0.15, 0.2) is 18.2 Å². The fraction of sp³-hybridized carbons (Fsp3) is 0.500. The third kappa shape index (κ3) is 4.70. The number of carbonyl (C=O) groups excluding carboxylic acids is 2. The summed E-state index contributed by atoms with van der Waals surface area (Å²) in [5, 5.41) is 2.98. The molecule has 1 aromatic rings. The molecule has 0 spiro atoms. The van der Waals surface area contributed by atoms with E-state index in [-0.39, 0.29) is 11.5 Å². The molecule has 22 heavy (non-hydrogen) atoms. The first-order chi connectivity index (χ1) is 10.6. The monoisotopic (exact) mass is 326 g/mol. The van der Waals surface area contributed by atoms with Gasteiger partial charge in [0, 0.05) is 31.1 Å². The largest absolute Gasteiger partial charge is 0.352 e. The molecular formula is C16H20ClFN2O2. The molecule has 1 saturated heterocycles. The second kappa shape index (κ2) is 8.13. The number of hydrogen-bond donors (Lipinski definition) is 1. The van der Waals surface area contributed by atoms with Gasteiger partial charge in [-0.15, -0.1) is 0 Å². The van der Waals surface area contributed by atoms with Crippen LogP contribution in [0.25, 0.3) is 0 Å². The molecule has 1 heterocycles. The van der Waals surface area contributed by atoms with Crippen LogP contribution < -0.4 is 5.32 Å². The molecule has 0 saturated carbocycles. The highest BCUT2D eigenvalue weighted by molar-refractivity contribution is 6.31. The lowest BCUT2D eigenvalue weighted by molar-refractivity contribution is -0.130. The SMILES string of the molecule is O=C(NCCCN1CCCCCC1=O)c1cc(Cl)ccc1F. The number of benzene rings is 1. The van der Waals surface area contributed by atoms with Crippen molar-refractivity contribution in [3.63, 3.8) is 0 Å². The summed E-state index contributed by atoms with van der Waals surface area (Å²) in [7, 11) is 0. The second-order valence-corrected chi connectivity index (χ2v) is 5.86. The Morgan fingerprint density at radius 1 is 1.32 bits per heavy atom. The topological polar surface area (TPSA) is 49.4 Å². The summed E-state index contributed by atoms with van der Waals surface area (Å²) in [6, 6.07) is 3.89. The van der Waals surface area contributed by atoms with E-state index < -0.39 is 11.7 Å². The number of likely N-dealkylation sites (tertiary alicyclic amines) is 1. The lowest BCUT2D eigenvalue weighted by Crippen LogP contribution is -2.34. The van der Waals surface area contributed by atoms with Crippen molar-refractivity contribution in [1.29, 1.82) is 0 Å². The molecule has 2 amide bonds. The van der Waals surface area contributed by atoms with Gasteiger partial charge in [0.2, 0.25) is 5.91 Å². The average molecular weight is 327 g/mol. The van der Waals surface area contributed by atoms with Crippen LogP contribution in [0.4, 0.5) is 4.39 Å². The fourth-order valence-corrected chi connectivity index (χ4v) is 2.69. The van der Waals surface area contributed by atoms with E-state index in [0.717, 1.165) is 25.8 Å². The first-order valence-electron chi connectivity index (χ1n) is 7.59. The van der Waals surface area contributed by atoms with E-state index in [4.69, 9.17) is 11.6 Å². The van der Waals surface area contributed by atoms with Crippen molar-refractivity contribution in [1.82, 2.24) is 10.2 Å². The molecule has 1 fully saturated rings. The Hall–Kier alpha value is -1.62. The van der Waals surface area contributed by atoms with E-state index in [1.807, 2.05) is 4.90 Å². The van der Waals surface area contributed by atoms with Crippen molar-refractivity contribution < 1.29 is 14.0 Å². The minimum Gasteiger partial charge on any atom is -0.352 e. The minimum absolute atomic E-state index is 0.0571. The summed E-state index contributed by atoms with van der Waals surface area (Å²) in [5.74, 6) is -0.892. The standard InChI is InChI=1S/C16H20ClFN2O2/c17-12-6-7-14(18)13(11-12)16(22)19-8-4-10-20-9-3-1-2-5-15(20)21/h6-7,11H,1-5,8-10H2,(H,19,22). The van der Waals surface area contributed by atoms with Crippen LogP contribution in [0.1, 0.15) is 42.5 Å². The summed E-state index contributed by atoms with van der Waals surface area (Å²) >= 11 is 5.76. The van der Waals surface area contributed by atoms with Crippen molar-refractivity contribution in [2.24, 2.45) is 0 Å². The third-order valence-corrected chi connectivity index (χ3v) is 3.97. The summed E-state index contributed by atoms with van der Waals surface area (Å²) in [4.78, 5) is 25.6. The van der Waals surface area contributed by atoms with Crippen LogP contribution in [0.5, 0.6) is 0 Å². The normalized spacial score (nSPS) is 15.5. The molecule has 0 radical (unpaired) electrons. The van der Waals surface area contributed by atoms with Crippen molar-refractivity contribution in [3.05, 3.63) is 34.6 Å². The molecule has 0 aromatic heterocycles. The van der Waals surface area contributed by atoms with Gasteiger partial charge in [0.05, 0.1) is 5.56 Å². The first kappa shape index (κ1) is 16.7. The molecule has 1 aliphatic rings. The maximum Gasteiger partial charge on any atom is 0.254 e. The van der Waals surface area contributed by atoms with E-state index in [0.29, 0.717) is 31.0 Å². The molecule has 0 bridgehead atoms. The van der Waals surface area contributed by atoms with Crippen LogP contribution >= 0.6 is 11.6 Å². The smallest absolute Gasteiger partial charge is 0.254 e. The number of nitrogens with zero attached hydrogens (tertiary/aromatic N) is 1. The number of rotatable bonds is 5. The molecular weight excluding hydrogens is 307 g/mol. The summed E-state index contributed by atoms with van der Waals surface area (Å²) in [6.45, 7) is 1.81. The van der Waals surface area contributed by atoms with Gasteiger partial charge in [0.15, 0.2) is 0 Å². The quantitative estimate of drug-likeness (QED) is 0.846. The third-order valence-electron chi connectivity index (χ3n) is 3.73. The van der Waals surface area contributed by atoms with E-state index in [1.165, 1.54) is 18.2 Å². The van der Waals surface area contributed by atoms with Crippen LogP contribution in [0.3, 0.4) is 0 Å². The van der Waals surface area contributed by atoms with Gasteiger partial charge in [-0.25, -0.2) is 4.39 Å². The lowest BCUT2D eigenvalue weighted by atomic mass is 10.2. The van der Waals surface area contributed by atoms with Crippen LogP contribution in [0, 0.1) is 5.82 Å². The molecule has 0 unspecified atom stereocenters. The summed E-state index contributed by atoms with van der Waals surface area (Å²) in [6.07, 6.45) is 4.35. The molecule has 0 aliphatic carbocycles. The number of carbonyl (C=O) groups is 2. The zero-order chi connectivity index (χ0) is 15.9. The number of hydrogen-bond acceptors (Lipinski definition) is 2. The van der Waals surface area contributed by atoms with E-state index in [9.17, 15) is 14.0 Å². The maximum absolute atomic E-state index is 13.5. The molecule has 0 atom stereocenters. The van der Waals surface area contributed by atoms with Crippen LogP contribution in [-0.2, 0) is 4.79 Å². The van der Waals surface area contributed by atoms with Gasteiger partial charge in [-0.3, -0.25) is 9.59 Å². The predicted octanol–water partition coefficient (Wildman–Crippen LogP) is 3.00. The highest BCUT2D eigenvalue weighted by Gasteiger charge is 2.16. The van der Waals surface area contributed by atoms with E-state index >= 15 is 0 Å². The Morgan fingerprint density at radius 2 is 2.14 bits per heavy atom.